The molecule has 35 heavy (non-hydrogen) atoms. The van der Waals surface area contributed by atoms with Gasteiger partial charge in [0.1, 0.15) is 0 Å². The second kappa shape index (κ2) is 11.2. The maximum atomic E-state index is 2.39. The summed E-state index contributed by atoms with van der Waals surface area (Å²) in [5.41, 5.74) is 13.1. The van der Waals surface area contributed by atoms with Crippen molar-refractivity contribution in [2.24, 2.45) is 0 Å². The van der Waals surface area contributed by atoms with E-state index in [0.29, 0.717) is 3.63 Å². The molecule has 0 aromatic heterocycles. The van der Waals surface area contributed by atoms with Gasteiger partial charge in [-0.3, -0.25) is 0 Å². The van der Waals surface area contributed by atoms with E-state index in [-0.39, 0.29) is 24.8 Å². The summed E-state index contributed by atoms with van der Waals surface area (Å²) in [7, 11) is 0. The van der Waals surface area contributed by atoms with Gasteiger partial charge in [-0.15, -0.1) is 0 Å². The van der Waals surface area contributed by atoms with Gasteiger partial charge in [-0.05, 0) is 0 Å². The van der Waals surface area contributed by atoms with Crippen molar-refractivity contribution in [2.75, 3.05) is 0 Å². The molecular weight excluding hydrogens is 546 g/mol. The van der Waals surface area contributed by atoms with Crippen LogP contribution in [0.5, 0.6) is 0 Å². The molecule has 3 heteroatoms. The third kappa shape index (κ3) is 4.88. The fourth-order valence-corrected chi connectivity index (χ4v) is 9.70. The number of allylic oxidation sites excluding steroid dienone is 4. The Hall–Kier alpha value is -2.31. The van der Waals surface area contributed by atoms with Gasteiger partial charge in [-0.25, -0.2) is 0 Å². The SMILES string of the molecule is CC1=CCC(c2cccc3c2[CH]([Zr+2]=[C](c2ccccc2)c2ccccc2)c2ccccc2-3)=C1.[Cl-].[Cl-]. The standard InChI is InChI=1S/C19H15.C13H10.2ClH.Zr/c1-13-9-10-15(11-13)17-7-4-8-18-16-6-3-2-5-14(16)12-19(17)18;1-3-7-12(8-4-1)11-13-9-5-2-6-10-13;;;/h2-9,11-12H,10H2,1H3;1-10H;2*1H;/q;;;;+2/p-2. The summed E-state index contributed by atoms with van der Waals surface area (Å²) in [6.45, 7) is 2.22. The Bertz CT molecular complexity index is 1390. The topological polar surface area (TPSA) is 0 Å². The van der Waals surface area contributed by atoms with Crippen LogP contribution in [0.3, 0.4) is 0 Å². The number of fused-ring (bicyclic) bond motifs is 3. The van der Waals surface area contributed by atoms with Gasteiger partial charge in [0.2, 0.25) is 0 Å². The summed E-state index contributed by atoms with van der Waals surface area (Å²) in [5.74, 6) is 0. The zero-order chi connectivity index (χ0) is 22.2. The van der Waals surface area contributed by atoms with Crippen molar-refractivity contribution in [3.05, 3.63) is 149 Å². The van der Waals surface area contributed by atoms with E-state index in [0.717, 1.165) is 6.42 Å². The minimum atomic E-state index is -1.08. The molecule has 0 saturated carbocycles. The van der Waals surface area contributed by atoms with Crippen molar-refractivity contribution in [3.8, 4) is 11.1 Å². The molecule has 6 rings (SSSR count). The summed E-state index contributed by atoms with van der Waals surface area (Å²) in [4.78, 5) is 0. The van der Waals surface area contributed by atoms with Crippen LogP contribution in [0.15, 0.2) is 121 Å². The first-order valence-corrected chi connectivity index (χ1v) is 14.3. The largest absolute Gasteiger partial charge is 1.00 e. The van der Waals surface area contributed by atoms with E-state index in [1.807, 2.05) is 0 Å². The maximum Gasteiger partial charge on any atom is -1.00 e. The normalized spacial score (nSPS) is 14.9. The quantitative estimate of drug-likeness (QED) is 0.351. The van der Waals surface area contributed by atoms with Crippen molar-refractivity contribution in [1.29, 1.82) is 0 Å². The molecule has 1 unspecified atom stereocenters. The van der Waals surface area contributed by atoms with Crippen LogP contribution in [-0.2, 0) is 22.8 Å². The monoisotopic (exact) mass is 569 g/mol. The predicted octanol–water partition coefficient (Wildman–Crippen LogP) is 1.85. The van der Waals surface area contributed by atoms with E-state index in [9.17, 15) is 0 Å². The van der Waals surface area contributed by atoms with E-state index in [1.165, 1.54) is 44.5 Å². The van der Waals surface area contributed by atoms with Crippen molar-refractivity contribution in [2.45, 2.75) is 17.0 Å². The smallest absolute Gasteiger partial charge is 1.00 e. The number of benzene rings is 4. The van der Waals surface area contributed by atoms with Crippen molar-refractivity contribution in [3.63, 3.8) is 0 Å². The Kier molecular flexibility index (Phi) is 8.23. The van der Waals surface area contributed by atoms with Crippen molar-refractivity contribution in [1.82, 2.24) is 0 Å². The molecule has 171 valence electrons. The number of rotatable bonds is 4. The average Bonchev–Trinajstić information content (AvgIpc) is 3.45. The Labute approximate surface area is 231 Å². The van der Waals surface area contributed by atoms with Crippen LogP contribution in [0.2, 0.25) is 0 Å². The van der Waals surface area contributed by atoms with Crippen LogP contribution in [0.4, 0.5) is 0 Å². The molecule has 0 heterocycles. The van der Waals surface area contributed by atoms with Crippen LogP contribution in [0.1, 0.15) is 44.8 Å². The molecule has 0 aliphatic heterocycles. The van der Waals surface area contributed by atoms with E-state index in [4.69, 9.17) is 0 Å². The van der Waals surface area contributed by atoms with Gasteiger partial charge in [0, 0.05) is 0 Å². The van der Waals surface area contributed by atoms with Gasteiger partial charge in [0.05, 0.1) is 0 Å². The molecule has 0 amide bonds. The minimum Gasteiger partial charge on any atom is -1.00 e. The summed E-state index contributed by atoms with van der Waals surface area (Å²) >= 11 is -1.08. The van der Waals surface area contributed by atoms with Crippen LogP contribution in [-0.4, -0.2) is 3.21 Å². The summed E-state index contributed by atoms with van der Waals surface area (Å²) < 4.78 is 2.09. The first-order valence-electron chi connectivity index (χ1n) is 11.6. The third-order valence-corrected chi connectivity index (χ3v) is 11.1. The van der Waals surface area contributed by atoms with Crippen molar-refractivity contribution < 1.29 is 47.6 Å². The van der Waals surface area contributed by atoms with Gasteiger partial charge in [0.25, 0.3) is 0 Å². The van der Waals surface area contributed by atoms with Gasteiger partial charge in [0.15, 0.2) is 0 Å². The molecule has 4 aromatic rings. The predicted molar refractivity (Wildman–Crippen MR) is 136 cm³/mol. The van der Waals surface area contributed by atoms with E-state index in [1.54, 1.807) is 8.77 Å². The summed E-state index contributed by atoms with van der Waals surface area (Å²) in [6.07, 6.45) is 5.79. The first kappa shape index (κ1) is 25.8. The summed E-state index contributed by atoms with van der Waals surface area (Å²) in [5, 5.41) is 0. The van der Waals surface area contributed by atoms with Crippen molar-refractivity contribution >= 4 is 8.78 Å². The molecule has 0 radical (unpaired) electrons. The zero-order valence-corrected chi connectivity index (χ0v) is 23.5. The molecule has 4 aromatic carbocycles. The molecule has 2 aliphatic carbocycles. The van der Waals surface area contributed by atoms with Gasteiger partial charge in [-0.1, -0.05) is 0 Å². The molecule has 1 atom stereocenters. The molecule has 0 saturated heterocycles. The number of halogens is 2. The van der Waals surface area contributed by atoms with Crippen LogP contribution in [0, 0.1) is 0 Å². The molecule has 0 spiro atoms. The Balaban J connectivity index is 0.00000144. The van der Waals surface area contributed by atoms with E-state index < -0.39 is 22.8 Å². The molecule has 0 bridgehead atoms. The molecule has 0 N–H and O–H groups in total. The maximum absolute atomic E-state index is 2.39. The molecule has 2 aliphatic rings. The molecule has 0 fully saturated rings. The first-order chi connectivity index (χ1) is 16.3. The van der Waals surface area contributed by atoms with Gasteiger partial charge < -0.3 is 24.8 Å². The van der Waals surface area contributed by atoms with Gasteiger partial charge >= 0.3 is 208 Å². The zero-order valence-electron chi connectivity index (χ0n) is 19.5. The number of hydrogen-bond donors (Lipinski definition) is 0. The summed E-state index contributed by atoms with van der Waals surface area (Å²) in [6, 6.07) is 38.2. The second-order valence-electron chi connectivity index (χ2n) is 8.86. The fraction of sp³-hybridized carbons (Fsp3) is 0.0938. The second-order valence-corrected chi connectivity index (χ2v) is 12.2. The number of hydrogen-bond acceptors (Lipinski definition) is 0. The minimum absolute atomic E-state index is 0. The molecule has 0 nitrogen and oxygen atoms in total. The van der Waals surface area contributed by atoms with Crippen LogP contribution in [0.25, 0.3) is 16.7 Å². The Morgan fingerprint density at radius 1 is 0.657 bits per heavy atom. The van der Waals surface area contributed by atoms with E-state index in [2.05, 4.69) is 122 Å². The fourth-order valence-electron chi connectivity index (χ4n) is 5.23. The van der Waals surface area contributed by atoms with E-state index >= 15 is 0 Å². The average molecular weight is 572 g/mol. The third-order valence-electron chi connectivity index (χ3n) is 6.76. The van der Waals surface area contributed by atoms with Crippen LogP contribution < -0.4 is 24.8 Å². The Morgan fingerprint density at radius 2 is 1.23 bits per heavy atom. The molecular formula is C32H25Cl2Zr. The Morgan fingerprint density at radius 3 is 1.86 bits per heavy atom. The van der Waals surface area contributed by atoms with Gasteiger partial charge in [-0.2, -0.15) is 0 Å². The van der Waals surface area contributed by atoms with Crippen LogP contribution >= 0.6 is 0 Å².